The number of anilines is 1. The summed E-state index contributed by atoms with van der Waals surface area (Å²) in [6.07, 6.45) is -0.0269. The van der Waals surface area contributed by atoms with Crippen molar-refractivity contribution in [3.63, 3.8) is 0 Å². The topological polar surface area (TPSA) is 83.5 Å². The highest BCUT2D eigenvalue weighted by atomic mass is 32.2. The van der Waals surface area contributed by atoms with Crippen LogP contribution in [0.3, 0.4) is 0 Å². The van der Waals surface area contributed by atoms with E-state index in [1.165, 1.54) is 6.92 Å². The number of amides is 1. The van der Waals surface area contributed by atoms with Gasteiger partial charge in [-0.2, -0.15) is 0 Å². The van der Waals surface area contributed by atoms with Gasteiger partial charge in [-0.25, -0.2) is 0 Å². The zero-order valence-electron chi connectivity index (χ0n) is 13.1. The Labute approximate surface area is 144 Å². The second-order valence-electron chi connectivity index (χ2n) is 5.14. The molecule has 0 atom stereocenters. The predicted molar refractivity (Wildman–Crippen MR) is 95.0 cm³/mol. The van der Waals surface area contributed by atoms with Gasteiger partial charge >= 0.3 is 5.97 Å². The summed E-state index contributed by atoms with van der Waals surface area (Å²) in [5, 5.41) is 11.5. The maximum absolute atomic E-state index is 11.9. The van der Waals surface area contributed by atoms with E-state index in [0.29, 0.717) is 11.3 Å². The largest absolute Gasteiger partial charge is 0.481 e. The average Bonchev–Trinajstić information content (AvgIpc) is 2.54. The van der Waals surface area contributed by atoms with E-state index in [1.807, 2.05) is 30.3 Å². The summed E-state index contributed by atoms with van der Waals surface area (Å²) in [6.45, 7) is 1.42. The molecule has 24 heavy (non-hydrogen) atoms. The van der Waals surface area contributed by atoms with Gasteiger partial charge in [-0.3, -0.25) is 14.4 Å². The normalized spacial score (nSPS) is 10.2. The lowest BCUT2D eigenvalue weighted by Crippen LogP contribution is -2.15. The second kappa shape index (κ2) is 8.31. The first kappa shape index (κ1) is 17.7. The van der Waals surface area contributed by atoms with E-state index in [2.05, 4.69) is 5.32 Å². The summed E-state index contributed by atoms with van der Waals surface area (Å²) in [4.78, 5) is 33.6. The summed E-state index contributed by atoms with van der Waals surface area (Å²) in [5.74, 6) is -1.05. The Balaban J connectivity index is 2.17. The molecule has 0 aromatic heterocycles. The minimum Gasteiger partial charge on any atom is -0.481 e. The standard InChI is InChI=1S/C18H17NO4S/c1-12(20)24-11-17(21)19-16-5-3-2-4-15(16)14-8-6-13(7-9-14)10-18(22)23/h2-9H,10-11H2,1H3,(H,19,21)(H,22,23). The van der Waals surface area contributed by atoms with E-state index in [1.54, 1.807) is 18.2 Å². The molecule has 0 bridgehead atoms. The van der Waals surface area contributed by atoms with Gasteiger partial charge in [0.2, 0.25) is 5.91 Å². The minimum atomic E-state index is -0.876. The van der Waals surface area contributed by atoms with Crippen LogP contribution in [0.15, 0.2) is 48.5 Å². The number of para-hydroxylation sites is 1. The van der Waals surface area contributed by atoms with E-state index in [4.69, 9.17) is 5.11 Å². The lowest BCUT2D eigenvalue weighted by molar-refractivity contribution is -0.136. The molecule has 0 aliphatic heterocycles. The van der Waals surface area contributed by atoms with Crippen molar-refractivity contribution in [3.8, 4) is 11.1 Å². The third-order valence-electron chi connectivity index (χ3n) is 3.23. The van der Waals surface area contributed by atoms with Crippen molar-refractivity contribution in [3.05, 3.63) is 54.1 Å². The summed E-state index contributed by atoms with van der Waals surface area (Å²) in [6, 6.07) is 14.5. The minimum absolute atomic E-state index is 0.0269. The molecule has 0 heterocycles. The Bertz CT molecular complexity index is 756. The molecule has 0 saturated carbocycles. The molecule has 0 aliphatic carbocycles. The maximum Gasteiger partial charge on any atom is 0.307 e. The molecular weight excluding hydrogens is 326 g/mol. The molecule has 2 N–H and O–H groups in total. The molecule has 2 rings (SSSR count). The van der Waals surface area contributed by atoms with Crippen LogP contribution in [0.25, 0.3) is 11.1 Å². The van der Waals surface area contributed by atoms with Gasteiger partial charge in [-0.05, 0) is 17.2 Å². The molecule has 0 aliphatic rings. The first-order chi connectivity index (χ1) is 11.5. The Morgan fingerprint density at radius 2 is 1.71 bits per heavy atom. The number of carboxylic acids is 1. The third-order valence-corrected chi connectivity index (χ3v) is 4.04. The summed E-state index contributed by atoms with van der Waals surface area (Å²) >= 11 is 0.961. The number of carbonyl (C=O) groups excluding carboxylic acids is 2. The number of carbonyl (C=O) groups is 3. The van der Waals surface area contributed by atoms with Crippen LogP contribution in [-0.4, -0.2) is 27.9 Å². The van der Waals surface area contributed by atoms with Crippen LogP contribution in [0.1, 0.15) is 12.5 Å². The zero-order chi connectivity index (χ0) is 17.5. The number of thioether (sulfide) groups is 1. The molecule has 2 aromatic carbocycles. The van der Waals surface area contributed by atoms with Crippen LogP contribution in [0.5, 0.6) is 0 Å². The van der Waals surface area contributed by atoms with Crippen LogP contribution in [0, 0.1) is 0 Å². The third kappa shape index (κ3) is 5.24. The van der Waals surface area contributed by atoms with Gasteiger partial charge in [0.25, 0.3) is 0 Å². The van der Waals surface area contributed by atoms with Crippen LogP contribution in [-0.2, 0) is 20.8 Å². The van der Waals surface area contributed by atoms with Gasteiger partial charge in [-0.15, -0.1) is 0 Å². The Morgan fingerprint density at radius 3 is 2.33 bits per heavy atom. The van der Waals surface area contributed by atoms with Crippen molar-refractivity contribution in [2.24, 2.45) is 0 Å². The number of aliphatic carboxylic acids is 1. The number of rotatable bonds is 6. The highest BCUT2D eigenvalue weighted by Crippen LogP contribution is 2.28. The van der Waals surface area contributed by atoms with Gasteiger partial charge in [-0.1, -0.05) is 54.2 Å². The molecule has 0 radical (unpaired) electrons. The maximum atomic E-state index is 11.9. The average molecular weight is 343 g/mol. The molecule has 0 unspecified atom stereocenters. The van der Waals surface area contributed by atoms with Crippen LogP contribution in [0.4, 0.5) is 5.69 Å². The van der Waals surface area contributed by atoms with Crippen LogP contribution >= 0.6 is 11.8 Å². The SMILES string of the molecule is CC(=O)SCC(=O)Nc1ccccc1-c1ccc(CC(=O)O)cc1. The first-order valence-corrected chi connectivity index (χ1v) is 8.27. The highest BCUT2D eigenvalue weighted by molar-refractivity contribution is 8.14. The molecule has 124 valence electrons. The van der Waals surface area contributed by atoms with Crippen molar-refractivity contribution in [2.75, 3.05) is 11.1 Å². The number of benzene rings is 2. The van der Waals surface area contributed by atoms with Crippen LogP contribution in [0.2, 0.25) is 0 Å². The Kier molecular flexibility index (Phi) is 6.14. The molecule has 1 amide bonds. The van der Waals surface area contributed by atoms with E-state index in [-0.39, 0.29) is 23.2 Å². The molecule has 0 fully saturated rings. The lowest BCUT2D eigenvalue weighted by atomic mass is 10.0. The Morgan fingerprint density at radius 1 is 1.04 bits per heavy atom. The van der Waals surface area contributed by atoms with Crippen molar-refractivity contribution in [1.82, 2.24) is 0 Å². The van der Waals surface area contributed by atoms with Crippen molar-refractivity contribution >= 4 is 34.4 Å². The van der Waals surface area contributed by atoms with Crippen molar-refractivity contribution in [2.45, 2.75) is 13.3 Å². The number of hydrogen-bond donors (Lipinski definition) is 2. The summed E-state index contributed by atoms with van der Waals surface area (Å²) in [7, 11) is 0. The quantitative estimate of drug-likeness (QED) is 0.841. The molecule has 0 saturated heterocycles. The number of nitrogens with one attached hydrogen (secondary N) is 1. The smallest absolute Gasteiger partial charge is 0.307 e. The van der Waals surface area contributed by atoms with E-state index in [0.717, 1.165) is 22.9 Å². The predicted octanol–water partition coefficient (Wildman–Crippen LogP) is 3.20. The van der Waals surface area contributed by atoms with Crippen molar-refractivity contribution in [1.29, 1.82) is 0 Å². The molecule has 2 aromatic rings. The molecule has 0 spiro atoms. The van der Waals surface area contributed by atoms with E-state index < -0.39 is 5.97 Å². The van der Waals surface area contributed by atoms with Gasteiger partial charge in [0, 0.05) is 18.2 Å². The van der Waals surface area contributed by atoms with Crippen LogP contribution < -0.4 is 5.32 Å². The first-order valence-electron chi connectivity index (χ1n) is 7.29. The van der Waals surface area contributed by atoms with Crippen molar-refractivity contribution < 1.29 is 19.5 Å². The zero-order valence-corrected chi connectivity index (χ0v) is 13.9. The Hall–Kier alpha value is -2.60. The number of hydrogen-bond acceptors (Lipinski definition) is 4. The lowest BCUT2D eigenvalue weighted by Gasteiger charge is -2.11. The van der Waals surface area contributed by atoms with Gasteiger partial charge in [0.15, 0.2) is 5.12 Å². The molecule has 6 heteroatoms. The van der Waals surface area contributed by atoms with Gasteiger partial charge < -0.3 is 10.4 Å². The second-order valence-corrected chi connectivity index (χ2v) is 6.29. The fraction of sp³-hybridized carbons (Fsp3) is 0.167. The molecule has 5 nitrogen and oxygen atoms in total. The van der Waals surface area contributed by atoms with E-state index >= 15 is 0 Å². The van der Waals surface area contributed by atoms with E-state index in [9.17, 15) is 14.4 Å². The monoisotopic (exact) mass is 343 g/mol. The summed E-state index contributed by atoms with van der Waals surface area (Å²) in [5.41, 5.74) is 3.07. The highest BCUT2D eigenvalue weighted by Gasteiger charge is 2.10. The van der Waals surface area contributed by atoms with Gasteiger partial charge in [0.05, 0.1) is 12.2 Å². The molecular formula is C18H17NO4S. The summed E-state index contributed by atoms with van der Waals surface area (Å²) < 4.78 is 0. The van der Waals surface area contributed by atoms with Gasteiger partial charge in [0.1, 0.15) is 0 Å². The fourth-order valence-electron chi connectivity index (χ4n) is 2.17. The fourth-order valence-corrected chi connectivity index (χ4v) is 2.58. The number of carboxylic acid groups (broad SMARTS) is 1.